The van der Waals surface area contributed by atoms with E-state index in [9.17, 15) is 9.59 Å². The Kier molecular flexibility index (Phi) is 6.81. The predicted octanol–water partition coefficient (Wildman–Crippen LogP) is 6.05. The molecule has 4 aromatic rings. The number of anilines is 1. The zero-order chi connectivity index (χ0) is 23.5. The van der Waals surface area contributed by atoms with Gasteiger partial charge in [-0.25, -0.2) is 4.98 Å². The van der Waals surface area contributed by atoms with Gasteiger partial charge in [0.2, 0.25) is 5.91 Å². The molecule has 1 atom stereocenters. The fourth-order valence-electron chi connectivity index (χ4n) is 3.62. The summed E-state index contributed by atoms with van der Waals surface area (Å²) in [6.45, 7) is 9.93. The number of hydrogen-bond donors (Lipinski definition) is 1. The molecule has 0 bridgehead atoms. The first kappa shape index (κ1) is 23.0. The SMILES string of the molecule is C=CCn1c(SC(C)C(=O)Nc2ccc(C)cc2C)nc2scc(-c3ccccc3)c2c1=O. The van der Waals surface area contributed by atoms with Crippen molar-refractivity contribution in [1.29, 1.82) is 0 Å². The first-order valence-electron chi connectivity index (χ1n) is 10.6. The molecule has 2 heterocycles. The Labute approximate surface area is 201 Å². The second-order valence-corrected chi connectivity index (χ2v) is 10.0. The molecule has 2 aromatic carbocycles. The molecule has 0 spiro atoms. The van der Waals surface area contributed by atoms with Crippen LogP contribution in [-0.2, 0) is 11.3 Å². The number of thioether (sulfide) groups is 1. The third-order valence-electron chi connectivity index (χ3n) is 5.35. The standard InChI is InChI=1S/C26H25N3O2S2/c1-5-13-29-25(31)22-20(19-9-7-6-8-10-19)15-32-24(22)28-26(29)33-18(4)23(30)27-21-12-11-16(2)14-17(21)3/h5-12,14-15,18H,1,13H2,2-4H3,(H,27,30). The highest BCUT2D eigenvalue weighted by Crippen LogP contribution is 2.33. The Morgan fingerprint density at radius 3 is 2.70 bits per heavy atom. The summed E-state index contributed by atoms with van der Waals surface area (Å²) in [5.41, 5.74) is 4.68. The Morgan fingerprint density at radius 2 is 2.00 bits per heavy atom. The number of fused-ring (bicyclic) bond motifs is 1. The molecular weight excluding hydrogens is 450 g/mol. The minimum absolute atomic E-state index is 0.121. The topological polar surface area (TPSA) is 64.0 Å². The van der Waals surface area contributed by atoms with Crippen LogP contribution in [0, 0.1) is 13.8 Å². The molecule has 1 amide bonds. The molecule has 0 aliphatic heterocycles. The number of aromatic nitrogens is 2. The molecule has 0 aliphatic rings. The van der Waals surface area contributed by atoms with Gasteiger partial charge in [-0.05, 0) is 38.0 Å². The number of carbonyl (C=O) groups excluding carboxylic acids is 1. The highest BCUT2D eigenvalue weighted by Gasteiger charge is 2.22. The molecule has 1 unspecified atom stereocenters. The number of hydrogen-bond acceptors (Lipinski definition) is 5. The summed E-state index contributed by atoms with van der Waals surface area (Å²) in [5.74, 6) is -0.136. The van der Waals surface area contributed by atoms with Crippen molar-refractivity contribution in [3.63, 3.8) is 0 Å². The number of nitrogens with one attached hydrogen (secondary N) is 1. The average molecular weight is 476 g/mol. The normalized spacial score (nSPS) is 12.0. The maximum atomic E-state index is 13.5. The first-order chi connectivity index (χ1) is 15.9. The monoisotopic (exact) mass is 475 g/mol. The quantitative estimate of drug-likeness (QED) is 0.201. The summed E-state index contributed by atoms with van der Waals surface area (Å²) < 4.78 is 1.60. The molecule has 5 nitrogen and oxygen atoms in total. The minimum Gasteiger partial charge on any atom is -0.325 e. The van der Waals surface area contributed by atoms with Crippen LogP contribution in [0.5, 0.6) is 0 Å². The first-order valence-corrected chi connectivity index (χ1v) is 12.4. The fraction of sp³-hybridized carbons (Fsp3) is 0.192. The van der Waals surface area contributed by atoms with Crippen molar-refractivity contribution in [2.75, 3.05) is 5.32 Å². The number of aryl methyl sites for hydroxylation is 2. The average Bonchev–Trinajstić information content (AvgIpc) is 3.23. The van der Waals surface area contributed by atoms with Crippen LogP contribution in [0.15, 0.2) is 76.5 Å². The van der Waals surface area contributed by atoms with Gasteiger partial charge in [-0.2, -0.15) is 0 Å². The lowest BCUT2D eigenvalue weighted by Crippen LogP contribution is -2.27. The van der Waals surface area contributed by atoms with Crippen molar-refractivity contribution in [3.8, 4) is 11.1 Å². The van der Waals surface area contributed by atoms with Crippen molar-refractivity contribution in [1.82, 2.24) is 9.55 Å². The summed E-state index contributed by atoms with van der Waals surface area (Å²) in [6.07, 6.45) is 1.67. The van der Waals surface area contributed by atoms with Gasteiger partial charge < -0.3 is 5.32 Å². The van der Waals surface area contributed by atoms with Gasteiger partial charge in [-0.3, -0.25) is 14.2 Å². The number of thiophene rings is 1. The molecule has 0 fully saturated rings. The van der Waals surface area contributed by atoms with Crippen LogP contribution >= 0.6 is 23.1 Å². The Balaban J connectivity index is 1.67. The fourth-order valence-corrected chi connectivity index (χ4v) is 5.52. The lowest BCUT2D eigenvalue weighted by atomic mass is 10.1. The number of rotatable bonds is 7. The van der Waals surface area contributed by atoms with Crippen LogP contribution in [0.4, 0.5) is 5.69 Å². The van der Waals surface area contributed by atoms with Gasteiger partial charge in [0.1, 0.15) is 4.83 Å². The second kappa shape index (κ2) is 9.77. The zero-order valence-corrected chi connectivity index (χ0v) is 20.4. The molecule has 0 saturated carbocycles. The van der Waals surface area contributed by atoms with E-state index in [2.05, 4.69) is 11.9 Å². The number of carbonyl (C=O) groups is 1. The van der Waals surface area contributed by atoms with Crippen LogP contribution in [0.1, 0.15) is 18.1 Å². The Hall–Kier alpha value is -3.16. The molecule has 168 valence electrons. The van der Waals surface area contributed by atoms with Gasteiger partial charge in [0.25, 0.3) is 5.56 Å². The van der Waals surface area contributed by atoms with Crippen LogP contribution in [0.3, 0.4) is 0 Å². The molecule has 0 saturated heterocycles. The van der Waals surface area contributed by atoms with Gasteiger partial charge in [-0.1, -0.05) is 65.9 Å². The van der Waals surface area contributed by atoms with E-state index in [0.717, 1.165) is 27.9 Å². The predicted molar refractivity (Wildman–Crippen MR) is 139 cm³/mol. The summed E-state index contributed by atoms with van der Waals surface area (Å²) in [4.78, 5) is 31.8. The number of benzene rings is 2. The van der Waals surface area contributed by atoms with E-state index in [1.807, 2.05) is 74.7 Å². The molecule has 7 heteroatoms. The summed E-state index contributed by atoms with van der Waals surface area (Å²) >= 11 is 2.72. The van der Waals surface area contributed by atoms with E-state index in [4.69, 9.17) is 4.98 Å². The maximum Gasteiger partial charge on any atom is 0.263 e. The van der Waals surface area contributed by atoms with Crippen LogP contribution in [0.2, 0.25) is 0 Å². The largest absolute Gasteiger partial charge is 0.325 e. The van der Waals surface area contributed by atoms with E-state index in [0.29, 0.717) is 21.9 Å². The third-order valence-corrected chi connectivity index (χ3v) is 7.31. The number of allylic oxidation sites excluding steroid dienone is 1. The molecular formula is C26H25N3O2S2. The van der Waals surface area contributed by atoms with Gasteiger partial charge in [-0.15, -0.1) is 17.9 Å². The van der Waals surface area contributed by atoms with Crippen LogP contribution in [0.25, 0.3) is 21.3 Å². The molecule has 33 heavy (non-hydrogen) atoms. The summed E-state index contributed by atoms with van der Waals surface area (Å²) in [7, 11) is 0. The van der Waals surface area contributed by atoms with Crippen molar-refractivity contribution in [2.24, 2.45) is 0 Å². The Bertz CT molecular complexity index is 1390. The van der Waals surface area contributed by atoms with E-state index in [-0.39, 0.29) is 11.5 Å². The van der Waals surface area contributed by atoms with Crippen molar-refractivity contribution in [3.05, 3.63) is 88.0 Å². The molecule has 0 aliphatic carbocycles. The molecule has 1 N–H and O–H groups in total. The molecule has 2 aromatic heterocycles. The van der Waals surface area contributed by atoms with E-state index in [1.165, 1.54) is 23.1 Å². The van der Waals surface area contributed by atoms with E-state index >= 15 is 0 Å². The van der Waals surface area contributed by atoms with Gasteiger partial charge in [0.15, 0.2) is 5.16 Å². The van der Waals surface area contributed by atoms with Crippen molar-refractivity contribution >= 4 is 44.9 Å². The smallest absolute Gasteiger partial charge is 0.263 e. The van der Waals surface area contributed by atoms with E-state index in [1.54, 1.807) is 10.6 Å². The van der Waals surface area contributed by atoms with Crippen molar-refractivity contribution in [2.45, 2.75) is 37.7 Å². The highest BCUT2D eigenvalue weighted by atomic mass is 32.2. The van der Waals surface area contributed by atoms with Crippen molar-refractivity contribution < 1.29 is 4.79 Å². The number of nitrogens with zero attached hydrogens (tertiary/aromatic N) is 2. The second-order valence-electron chi connectivity index (χ2n) is 7.86. The number of amides is 1. The van der Waals surface area contributed by atoms with Crippen LogP contribution in [-0.4, -0.2) is 20.7 Å². The van der Waals surface area contributed by atoms with Gasteiger partial charge in [0.05, 0.1) is 10.6 Å². The lowest BCUT2D eigenvalue weighted by Gasteiger charge is -2.16. The summed E-state index contributed by atoms with van der Waals surface area (Å²) in [6, 6.07) is 15.7. The third kappa shape index (κ3) is 4.79. The molecule has 0 radical (unpaired) electrons. The van der Waals surface area contributed by atoms with Gasteiger partial charge >= 0.3 is 0 Å². The minimum atomic E-state index is -0.445. The van der Waals surface area contributed by atoms with Gasteiger partial charge in [0, 0.05) is 23.2 Å². The van der Waals surface area contributed by atoms with Crippen LogP contribution < -0.4 is 10.9 Å². The summed E-state index contributed by atoms with van der Waals surface area (Å²) in [5, 5.41) is 5.63. The zero-order valence-electron chi connectivity index (χ0n) is 18.8. The van der Waals surface area contributed by atoms with E-state index < -0.39 is 5.25 Å². The molecule has 4 rings (SSSR count). The maximum absolute atomic E-state index is 13.5. The lowest BCUT2D eigenvalue weighted by molar-refractivity contribution is -0.115. The Morgan fingerprint density at radius 1 is 1.24 bits per heavy atom. The highest BCUT2D eigenvalue weighted by molar-refractivity contribution is 8.00.